The number of nitrogens with one attached hydrogen (secondary N) is 2. The number of benzene rings is 2. The fourth-order valence-corrected chi connectivity index (χ4v) is 2.43. The highest BCUT2D eigenvalue weighted by Crippen LogP contribution is 2.21. The molecule has 2 amide bonds. The summed E-state index contributed by atoms with van der Waals surface area (Å²) in [5.41, 5.74) is 1.18. The monoisotopic (exact) mass is 392 g/mol. The quantitative estimate of drug-likeness (QED) is 0.559. The number of rotatable bonds is 7. The van der Waals surface area contributed by atoms with Crippen molar-refractivity contribution in [3.8, 4) is 5.75 Å². The molecule has 0 fully saturated rings. The SMILES string of the molecule is COc1ccc(C(=O)NCCNC(=O)C=Cc2cc(Cl)ccc2Cl)cc1. The van der Waals surface area contributed by atoms with E-state index in [2.05, 4.69) is 10.6 Å². The van der Waals surface area contributed by atoms with E-state index < -0.39 is 0 Å². The summed E-state index contributed by atoms with van der Waals surface area (Å²) in [6.07, 6.45) is 2.95. The van der Waals surface area contributed by atoms with E-state index in [1.165, 1.54) is 6.08 Å². The van der Waals surface area contributed by atoms with Crippen LogP contribution in [0, 0.1) is 0 Å². The molecule has 5 nitrogen and oxygen atoms in total. The molecular weight excluding hydrogens is 375 g/mol. The predicted octanol–water partition coefficient (Wildman–Crippen LogP) is 3.56. The third-order valence-electron chi connectivity index (χ3n) is 3.43. The van der Waals surface area contributed by atoms with Gasteiger partial charge in [0.1, 0.15) is 5.75 Å². The summed E-state index contributed by atoms with van der Waals surface area (Å²) in [7, 11) is 1.56. The van der Waals surface area contributed by atoms with Crippen LogP contribution in [0.15, 0.2) is 48.5 Å². The van der Waals surface area contributed by atoms with Gasteiger partial charge in [-0.05, 0) is 54.1 Å². The molecule has 0 aliphatic carbocycles. The number of ether oxygens (including phenoxy) is 1. The highest BCUT2D eigenvalue weighted by molar-refractivity contribution is 6.34. The highest BCUT2D eigenvalue weighted by atomic mass is 35.5. The average molecular weight is 393 g/mol. The molecule has 0 aliphatic heterocycles. The van der Waals surface area contributed by atoms with Gasteiger partial charge in [-0.2, -0.15) is 0 Å². The van der Waals surface area contributed by atoms with Crippen LogP contribution in [0.25, 0.3) is 6.08 Å². The Hall–Kier alpha value is -2.50. The maximum Gasteiger partial charge on any atom is 0.251 e. The number of carbonyl (C=O) groups excluding carboxylic acids is 2. The third kappa shape index (κ3) is 6.10. The van der Waals surface area contributed by atoms with Crippen molar-refractivity contribution >= 4 is 41.1 Å². The van der Waals surface area contributed by atoms with Crippen molar-refractivity contribution in [3.05, 3.63) is 69.7 Å². The first kappa shape index (κ1) is 19.8. The number of carbonyl (C=O) groups is 2. The zero-order chi connectivity index (χ0) is 18.9. The van der Waals surface area contributed by atoms with Crippen LogP contribution in [0.5, 0.6) is 5.75 Å². The molecule has 0 bridgehead atoms. The number of hydrogen-bond acceptors (Lipinski definition) is 3. The lowest BCUT2D eigenvalue weighted by Gasteiger charge is -2.06. The fraction of sp³-hybridized carbons (Fsp3) is 0.158. The Bertz CT molecular complexity index is 805. The molecule has 0 heterocycles. The Morgan fingerprint density at radius 2 is 1.73 bits per heavy atom. The molecular formula is C19H18Cl2N2O3. The molecule has 26 heavy (non-hydrogen) atoms. The van der Waals surface area contributed by atoms with Gasteiger partial charge in [0.2, 0.25) is 5.91 Å². The Labute approximate surface area is 161 Å². The van der Waals surface area contributed by atoms with Gasteiger partial charge in [0.15, 0.2) is 0 Å². The molecule has 0 atom stereocenters. The van der Waals surface area contributed by atoms with Crippen molar-refractivity contribution in [1.82, 2.24) is 10.6 Å². The lowest BCUT2D eigenvalue weighted by Crippen LogP contribution is -2.33. The zero-order valence-electron chi connectivity index (χ0n) is 14.1. The topological polar surface area (TPSA) is 67.4 Å². The Morgan fingerprint density at radius 1 is 1.04 bits per heavy atom. The van der Waals surface area contributed by atoms with Crippen molar-refractivity contribution < 1.29 is 14.3 Å². The van der Waals surface area contributed by atoms with Crippen molar-refractivity contribution in [2.24, 2.45) is 0 Å². The van der Waals surface area contributed by atoms with Gasteiger partial charge in [-0.3, -0.25) is 9.59 Å². The number of halogens is 2. The van der Waals surface area contributed by atoms with Crippen LogP contribution in [-0.4, -0.2) is 32.0 Å². The van der Waals surface area contributed by atoms with E-state index >= 15 is 0 Å². The van der Waals surface area contributed by atoms with Crippen molar-refractivity contribution in [2.45, 2.75) is 0 Å². The van der Waals surface area contributed by atoms with Crippen LogP contribution in [0.1, 0.15) is 15.9 Å². The molecule has 2 rings (SSSR count). The van der Waals surface area contributed by atoms with E-state index in [1.807, 2.05) is 0 Å². The standard InChI is InChI=1S/C19H18Cl2N2O3/c1-26-16-6-2-13(3-7-16)19(25)23-11-10-22-18(24)9-4-14-12-15(20)5-8-17(14)21/h2-9,12H,10-11H2,1H3,(H,22,24)(H,23,25). The summed E-state index contributed by atoms with van der Waals surface area (Å²) in [6.45, 7) is 0.608. The van der Waals surface area contributed by atoms with Crippen LogP contribution >= 0.6 is 23.2 Å². The summed E-state index contributed by atoms with van der Waals surface area (Å²) < 4.78 is 5.04. The maximum atomic E-state index is 12.0. The first-order valence-corrected chi connectivity index (χ1v) is 8.58. The normalized spacial score (nSPS) is 10.6. The van der Waals surface area contributed by atoms with Crippen molar-refractivity contribution in [3.63, 3.8) is 0 Å². The molecule has 2 aromatic rings. The van der Waals surface area contributed by atoms with Gasteiger partial charge in [0, 0.05) is 34.8 Å². The van der Waals surface area contributed by atoms with Gasteiger partial charge in [0.05, 0.1) is 7.11 Å². The van der Waals surface area contributed by atoms with E-state index in [9.17, 15) is 9.59 Å². The number of methoxy groups -OCH3 is 1. The predicted molar refractivity (Wildman–Crippen MR) is 104 cm³/mol. The first-order valence-electron chi connectivity index (χ1n) is 7.83. The third-order valence-corrected chi connectivity index (χ3v) is 4.01. The van der Waals surface area contributed by atoms with E-state index in [-0.39, 0.29) is 11.8 Å². The summed E-state index contributed by atoms with van der Waals surface area (Å²) in [4.78, 5) is 23.8. The molecule has 0 saturated heterocycles. The maximum absolute atomic E-state index is 12.0. The Kier molecular flexibility index (Phi) is 7.51. The van der Waals surface area contributed by atoms with Gasteiger partial charge >= 0.3 is 0 Å². The van der Waals surface area contributed by atoms with E-state index in [0.717, 1.165) is 0 Å². The summed E-state index contributed by atoms with van der Waals surface area (Å²) in [5.74, 6) is 0.170. The second kappa shape index (κ2) is 9.85. The second-order valence-electron chi connectivity index (χ2n) is 5.27. The first-order chi connectivity index (χ1) is 12.5. The minimum absolute atomic E-state index is 0.219. The van der Waals surface area contributed by atoms with E-state index in [4.69, 9.17) is 27.9 Å². The fourth-order valence-electron chi connectivity index (χ4n) is 2.07. The van der Waals surface area contributed by atoms with Crippen LogP contribution in [0.2, 0.25) is 10.0 Å². The van der Waals surface area contributed by atoms with Crippen molar-refractivity contribution in [2.75, 3.05) is 20.2 Å². The molecule has 0 radical (unpaired) electrons. The summed E-state index contributed by atoms with van der Waals surface area (Å²) in [6, 6.07) is 11.8. The lowest BCUT2D eigenvalue weighted by atomic mass is 10.2. The van der Waals surface area contributed by atoms with E-state index in [1.54, 1.807) is 55.7 Å². The molecule has 7 heteroatoms. The van der Waals surface area contributed by atoms with Crippen LogP contribution in [0.3, 0.4) is 0 Å². The highest BCUT2D eigenvalue weighted by Gasteiger charge is 2.05. The molecule has 0 aliphatic rings. The van der Waals surface area contributed by atoms with Gasteiger partial charge in [-0.15, -0.1) is 0 Å². The van der Waals surface area contributed by atoms with Gasteiger partial charge < -0.3 is 15.4 Å². The summed E-state index contributed by atoms with van der Waals surface area (Å²) in [5, 5.41) is 6.44. The van der Waals surface area contributed by atoms with Gasteiger partial charge in [-0.1, -0.05) is 23.2 Å². The number of amides is 2. The van der Waals surface area contributed by atoms with Crippen LogP contribution < -0.4 is 15.4 Å². The molecule has 0 spiro atoms. The Balaban J connectivity index is 1.74. The molecule has 136 valence electrons. The molecule has 0 aromatic heterocycles. The lowest BCUT2D eigenvalue weighted by molar-refractivity contribution is -0.116. The van der Waals surface area contributed by atoms with E-state index in [0.29, 0.717) is 40.0 Å². The van der Waals surface area contributed by atoms with Crippen molar-refractivity contribution in [1.29, 1.82) is 0 Å². The average Bonchev–Trinajstić information content (AvgIpc) is 2.65. The van der Waals surface area contributed by atoms with Gasteiger partial charge in [0.25, 0.3) is 5.91 Å². The summed E-state index contributed by atoms with van der Waals surface area (Å²) >= 11 is 11.9. The minimum Gasteiger partial charge on any atom is -0.497 e. The molecule has 0 saturated carbocycles. The van der Waals surface area contributed by atoms with Gasteiger partial charge in [-0.25, -0.2) is 0 Å². The van der Waals surface area contributed by atoms with Crippen LogP contribution in [-0.2, 0) is 4.79 Å². The van der Waals surface area contributed by atoms with Crippen LogP contribution in [0.4, 0.5) is 0 Å². The smallest absolute Gasteiger partial charge is 0.251 e. The Morgan fingerprint density at radius 3 is 2.42 bits per heavy atom. The molecule has 2 aromatic carbocycles. The minimum atomic E-state index is -0.292. The largest absolute Gasteiger partial charge is 0.497 e. The molecule has 2 N–H and O–H groups in total. The zero-order valence-corrected chi connectivity index (χ0v) is 15.6. The second-order valence-corrected chi connectivity index (χ2v) is 6.12. The molecule has 0 unspecified atom stereocenters. The number of hydrogen-bond donors (Lipinski definition) is 2.